The highest BCUT2D eigenvalue weighted by atomic mass is 16.5. The van der Waals surface area contributed by atoms with Crippen LogP contribution in [0.3, 0.4) is 0 Å². The van der Waals surface area contributed by atoms with Gasteiger partial charge in [0.05, 0.1) is 5.56 Å². The molecule has 0 spiro atoms. The van der Waals surface area contributed by atoms with Crippen LogP contribution in [0.4, 0.5) is 0 Å². The average Bonchev–Trinajstić information content (AvgIpc) is 2.65. The summed E-state index contributed by atoms with van der Waals surface area (Å²) in [5.74, 6) is 0.453. The van der Waals surface area contributed by atoms with Crippen molar-refractivity contribution in [3.8, 4) is 5.88 Å². The summed E-state index contributed by atoms with van der Waals surface area (Å²) in [4.78, 5) is 23.0. The minimum absolute atomic E-state index is 0.130. The first-order valence-electron chi connectivity index (χ1n) is 8.70. The van der Waals surface area contributed by atoms with E-state index >= 15 is 0 Å². The van der Waals surface area contributed by atoms with Gasteiger partial charge in [-0.05, 0) is 38.1 Å². The Hall–Kier alpha value is -2.47. The normalized spacial score (nSPS) is 15.7. The molecule has 0 radical (unpaired) electrons. The first kappa shape index (κ1) is 17.4. The van der Waals surface area contributed by atoms with Crippen LogP contribution in [-0.4, -0.2) is 53.6 Å². The van der Waals surface area contributed by atoms with Gasteiger partial charge in [-0.1, -0.05) is 6.07 Å². The molecule has 0 aromatic carbocycles. The molecule has 132 valence electrons. The van der Waals surface area contributed by atoms with Gasteiger partial charge in [0, 0.05) is 50.2 Å². The van der Waals surface area contributed by atoms with Crippen molar-refractivity contribution in [3.63, 3.8) is 0 Å². The van der Waals surface area contributed by atoms with E-state index in [1.807, 2.05) is 18.2 Å². The summed E-state index contributed by atoms with van der Waals surface area (Å²) in [6.45, 7) is 2.63. The summed E-state index contributed by atoms with van der Waals surface area (Å²) in [7, 11) is 2.12. The minimum atomic E-state index is -0.130. The zero-order chi connectivity index (χ0) is 17.5. The third kappa shape index (κ3) is 5.26. The van der Waals surface area contributed by atoms with Crippen LogP contribution in [0, 0.1) is 0 Å². The zero-order valence-electron chi connectivity index (χ0n) is 14.5. The maximum Gasteiger partial charge on any atom is 0.252 e. The van der Waals surface area contributed by atoms with Gasteiger partial charge in [0.25, 0.3) is 5.91 Å². The van der Waals surface area contributed by atoms with E-state index in [2.05, 4.69) is 27.2 Å². The molecule has 3 heterocycles. The second-order valence-corrected chi connectivity index (χ2v) is 6.33. The van der Waals surface area contributed by atoms with Gasteiger partial charge in [-0.15, -0.1) is 0 Å². The largest absolute Gasteiger partial charge is 0.474 e. The number of piperidine rings is 1. The third-order valence-electron chi connectivity index (χ3n) is 4.34. The minimum Gasteiger partial charge on any atom is -0.474 e. The maximum atomic E-state index is 12.2. The fourth-order valence-electron chi connectivity index (χ4n) is 2.81. The van der Waals surface area contributed by atoms with E-state index in [0.717, 1.165) is 31.6 Å². The lowest BCUT2D eigenvalue weighted by molar-refractivity contribution is 0.0952. The summed E-state index contributed by atoms with van der Waals surface area (Å²) in [5.41, 5.74) is 1.50. The Morgan fingerprint density at radius 2 is 2.08 bits per heavy atom. The summed E-state index contributed by atoms with van der Waals surface area (Å²) in [5, 5.41) is 2.89. The van der Waals surface area contributed by atoms with Crippen LogP contribution in [0.25, 0.3) is 0 Å². The number of hydrogen-bond donors (Lipinski definition) is 1. The average molecular weight is 340 g/mol. The molecule has 0 bridgehead atoms. The Balaban J connectivity index is 1.45. The number of carbonyl (C=O) groups is 1. The number of carbonyl (C=O) groups excluding carboxylic acids is 1. The second-order valence-electron chi connectivity index (χ2n) is 6.33. The smallest absolute Gasteiger partial charge is 0.252 e. The second kappa shape index (κ2) is 8.58. The molecule has 0 unspecified atom stereocenters. The predicted molar refractivity (Wildman–Crippen MR) is 95.7 cm³/mol. The van der Waals surface area contributed by atoms with Crippen molar-refractivity contribution in [2.24, 2.45) is 0 Å². The first-order valence-corrected chi connectivity index (χ1v) is 8.70. The molecule has 0 aliphatic carbocycles. The molecule has 2 aromatic rings. The summed E-state index contributed by atoms with van der Waals surface area (Å²) in [6.07, 6.45) is 6.26. The van der Waals surface area contributed by atoms with Gasteiger partial charge in [-0.3, -0.25) is 9.78 Å². The molecule has 1 aliphatic heterocycles. The molecule has 0 saturated carbocycles. The summed E-state index contributed by atoms with van der Waals surface area (Å²) < 4.78 is 5.90. The van der Waals surface area contributed by atoms with Gasteiger partial charge in [-0.25, -0.2) is 4.98 Å². The molecule has 6 heteroatoms. The Kier molecular flexibility index (Phi) is 5.95. The van der Waals surface area contributed by atoms with Crippen molar-refractivity contribution in [3.05, 3.63) is 54.0 Å². The Morgan fingerprint density at radius 3 is 2.76 bits per heavy atom. The molecule has 6 nitrogen and oxygen atoms in total. The van der Waals surface area contributed by atoms with Gasteiger partial charge >= 0.3 is 0 Å². The lowest BCUT2D eigenvalue weighted by atomic mass is 10.1. The van der Waals surface area contributed by atoms with E-state index < -0.39 is 0 Å². The Morgan fingerprint density at radius 1 is 1.24 bits per heavy atom. The zero-order valence-corrected chi connectivity index (χ0v) is 14.5. The van der Waals surface area contributed by atoms with E-state index in [0.29, 0.717) is 24.4 Å². The van der Waals surface area contributed by atoms with Gasteiger partial charge in [-0.2, -0.15) is 0 Å². The van der Waals surface area contributed by atoms with Gasteiger partial charge in [0.2, 0.25) is 5.88 Å². The Bertz CT molecular complexity index is 668. The molecule has 1 N–H and O–H groups in total. The van der Waals surface area contributed by atoms with Crippen LogP contribution >= 0.6 is 0 Å². The number of ether oxygens (including phenoxy) is 1. The van der Waals surface area contributed by atoms with Crippen molar-refractivity contribution in [1.82, 2.24) is 20.2 Å². The highest BCUT2D eigenvalue weighted by Crippen LogP contribution is 2.16. The predicted octanol–water partition coefficient (Wildman–Crippen LogP) is 1.92. The van der Waals surface area contributed by atoms with Crippen LogP contribution in [-0.2, 0) is 6.42 Å². The number of rotatable bonds is 6. The lowest BCUT2D eigenvalue weighted by Crippen LogP contribution is -2.35. The highest BCUT2D eigenvalue weighted by Gasteiger charge is 2.18. The molecule has 1 aliphatic rings. The number of pyridine rings is 2. The fraction of sp³-hybridized carbons (Fsp3) is 0.421. The number of amides is 1. The number of likely N-dealkylation sites (tertiary alicyclic amines) is 1. The number of nitrogens with zero attached hydrogens (tertiary/aromatic N) is 3. The number of nitrogens with one attached hydrogen (secondary N) is 1. The maximum absolute atomic E-state index is 12.2. The fourth-order valence-corrected chi connectivity index (χ4v) is 2.81. The van der Waals surface area contributed by atoms with Gasteiger partial charge in [0.1, 0.15) is 6.10 Å². The van der Waals surface area contributed by atoms with Crippen LogP contribution < -0.4 is 10.1 Å². The monoisotopic (exact) mass is 340 g/mol. The van der Waals surface area contributed by atoms with Crippen LogP contribution in [0.5, 0.6) is 5.88 Å². The van der Waals surface area contributed by atoms with E-state index in [1.54, 1.807) is 24.5 Å². The van der Waals surface area contributed by atoms with E-state index in [4.69, 9.17) is 4.74 Å². The van der Waals surface area contributed by atoms with Crippen molar-refractivity contribution in [2.45, 2.75) is 25.4 Å². The first-order chi connectivity index (χ1) is 12.2. The summed E-state index contributed by atoms with van der Waals surface area (Å²) >= 11 is 0. The van der Waals surface area contributed by atoms with Crippen molar-refractivity contribution in [2.75, 3.05) is 26.7 Å². The van der Waals surface area contributed by atoms with Crippen LogP contribution in [0.2, 0.25) is 0 Å². The lowest BCUT2D eigenvalue weighted by Gasteiger charge is -2.28. The summed E-state index contributed by atoms with van der Waals surface area (Å²) in [6, 6.07) is 9.29. The standard InChI is InChI=1S/C19H24N4O2/c1-23-12-8-17(9-13-23)25-18-6-5-15(14-22-18)19(24)21-11-7-16-4-2-3-10-20-16/h2-6,10,14,17H,7-9,11-13H2,1H3,(H,21,24). The number of hydrogen-bond acceptors (Lipinski definition) is 5. The van der Waals surface area contributed by atoms with Crippen LogP contribution in [0.1, 0.15) is 28.9 Å². The molecule has 0 atom stereocenters. The molecule has 1 fully saturated rings. The topological polar surface area (TPSA) is 67.3 Å². The molecule has 3 rings (SSSR count). The molecule has 1 amide bonds. The highest BCUT2D eigenvalue weighted by molar-refractivity contribution is 5.93. The van der Waals surface area contributed by atoms with E-state index in [-0.39, 0.29) is 12.0 Å². The van der Waals surface area contributed by atoms with E-state index in [1.165, 1.54) is 0 Å². The molecular formula is C19H24N4O2. The van der Waals surface area contributed by atoms with Gasteiger partial charge in [0.15, 0.2) is 0 Å². The third-order valence-corrected chi connectivity index (χ3v) is 4.34. The quantitative estimate of drug-likeness (QED) is 0.870. The molecule has 2 aromatic heterocycles. The van der Waals surface area contributed by atoms with Crippen LogP contribution in [0.15, 0.2) is 42.7 Å². The Labute approximate surface area is 148 Å². The van der Waals surface area contributed by atoms with Crippen molar-refractivity contribution < 1.29 is 9.53 Å². The molecular weight excluding hydrogens is 316 g/mol. The molecule has 25 heavy (non-hydrogen) atoms. The van der Waals surface area contributed by atoms with E-state index in [9.17, 15) is 4.79 Å². The van der Waals surface area contributed by atoms with Crippen molar-refractivity contribution in [1.29, 1.82) is 0 Å². The number of aromatic nitrogens is 2. The molecule has 1 saturated heterocycles. The van der Waals surface area contributed by atoms with Gasteiger partial charge < -0.3 is 15.0 Å². The SMILES string of the molecule is CN1CCC(Oc2ccc(C(=O)NCCc3ccccn3)cn2)CC1. The van der Waals surface area contributed by atoms with Crippen molar-refractivity contribution >= 4 is 5.91 Å².